The van der Waals surface area contributed by atoms with Crippen molar-refractivity contribution >= 4 is 60.1 Å². The number of hydrogen-bond acceptors (Lipinski definition) is 7. The second-order valence-corrected chi connectivity index (χ2v) is 9.94. The Bertz CT molecular complexity index is 1510. The Kier molecular flexibility index (Phi) is 6.51. The number of nitrogens with zero attached hydrogens (tertiary/aromatic N) is 2. The van der Waals surface area contributed by atoms with Gasteiger partial charge in [-0.05, 0) is 67.1 Å². The van der Waals surface area contributed by atoms with Crippen LogP contribution in [0.2, 0.25) is 0 Å². The molecule has 0 bridgehead atoms. The van der Waals surface area contributed by atoms with E-state index < -0.39 is 17.7 Å². The number of rotatable bonds is 6. The summed E-state index contributed by atoms with van der Waals surface area (Å²) in [6, 6.07) is 18.6. The fourth-order valence-electron chi connectivity index (χ4n) is 4.18. The molecule has 1 amide bonds. The van der Waals surface area contributed by atoms with Gasteiger partial charge in [-0.15, -0.1) is 0 Å². The summed E-state index contributed by atoms with van der Waals surface area (Å²) in [5.74, 6) is -0.480. The Morgan fingerprint density at radius 1 is 1.08 bits per heavy atom. The fraction of sp³-hybridized carbons (Fsp3) is 0.148. The third-order valence-corrected chi connectivity index (χ3v) is 7.35. The van der Waals surface area contributed by atoms with E-state index >= 15 is 0 Å². The first-order valence-electron chi connectivity index (χ1n) is 11.2. The number of halogens is 1. The van der Waals surface area contributed by atoms with Crippen molar-refractivity contribution in [1.82, 2.24) is 4.98 Å². The second-order valence-electron chi connectivity index (χ2n) is 8.01. The van der Waals surface area contributed by atoms with E-state index in [4.69, 9.17) is 9.47 Å². The number of hydrogen-bond donors (Lipinski definition) is 1. The fourth-order valence-corrected chi connectivity index (χ4v) is 5.62. The number of aliphatic hydroxyl groups is 1. The molecule has 0 radical (unpaired) electrons. The SMILES string of the molecule is CCOc1ccc2nc(N3C(=O)C(=O)C(=C(O)c4ccc(OC)cc4)[C@H]3c3cccc(Br)c3)sc2c1. The largest absolute Gasteiger partial charge is 0.507 e. The molecule has 1 aromatic heterocycles. The summed E-state index contributed by atoms with van der Waals surface area (Å²) in [6.45, 7) is 2.43. The monoisotopic (exact) mass is 564 g/mol. The summed E-state index contributed by atoms with van der Waals surface area (Å²) in [7, 11) is 1.54. The van der Waals surface area contributed by atoms with Gasteiger partial charge in [0, 0.05) is 10.0 Å². The molecule has 1 N–H and O–H groups in total. The Balaban J connectivity index is 1.68. The van der Waals surface area contributed by atoms with Gasteiger partial charge in [0.05, 0.1) is 35.5 Å². The topological polar surface area (TPSA) is 89.0 Å². The van der Waals surface area contributed by atoms with Crippen LogP contribution < -0.4 is 14.4 Å². The van der Waals surface area contributed by atoms with Crippen molar-refractivity contribution in [1.29, 1.82) is 0 Å². The van der Waals surface area contributed by atoms with Crippen molar-refractivity contribution in [2.75, 3.05) is 18.6 Å². The highest BCUT2D eigenvalue weighted by Gasteiger charge is 2.48. The molecule has 9 heteroatoms. The van der Waals surface area contributed by atoms with Gasteiger partial charge >= 0.3 is 5.91 Å². The van der Waals surface area contributed by atoms with Crippen LogP contribution in [-0.2, 0) is 9.59 Å². The summed E-state index contributed by atoms with van der Waals surface area (Å²) in [5, 5.41) is 11.6. The van der Waals surface area contributed by atoms with Crippen LogP contribution in [0.1, 0.15) is 24.1 Å². The summed E-state index contributed by atoms with van der Waals surface area (Å²) < 4.78 is 12.4. The average molecular weight is 565 g/mol. The highest BCUT2D eigenvalue weighted by atomic mass is 79.9. The summed E-state index contributed by atoms with van der Waals surface area (Å²) >= 11 is 4.76. The van der Waals surface area contributed by atoms with E-state index in [-0.39, 0.29) is 11.3 Å². The molecule has 1 aliphatic heterocycles. The molecule has 0 aliphatic carbocycles. The maximum Gasteiger partial charge on any atom is 0.301 e. The predicted molar refractivity (Wildman–Crippen MR) is 143 cm³/mol. The quantitative estimate of drug-likeness (QED) is 0.173. The molecule has 5 rings (SSSR count). The number of carbonyl (C=O) groups excluding carboxylic acids is 2. The molecule has 2 heterocycles. The molecule has 4 aromatic rings. The Morgan fingerprint density at radius 3 is 2.53 bits per heavy atom. The third kappa shape index (κ3) is 4.25. The summed E-state index contributed by atoms with van der Waals surface area (Å²) in [5.41, 5.74) is 1.74. The number of aliphatic hydroxyl groups excluding tert-OH is 1. The van der Waals surface area contributed by atoms with Gasteiger partial charge in [0.15, 0.2) is 5.13 Å². The number of amides is 1. The van der Waals surface area contributed by atoms with Crippen LogP contribution in [0, 0.1) is 0 Å². The van der Waals surface area contributed by atoms with Gasteiger partial charge in [-0.2, -0.15) is 0 Å². The molecule has 1 fully saturated rings. The third-order valence-electron chi connectivity index (χ3n) is 5.84. The van der Waals surface area contributed by atoms with Gasteiger partial charge in [0.2, 0.25) is 0 Å². The van der Waals surface area contributed by atoms with Crippen molar-refractivity contribution in [3.05, 3.63) is 87.9 Å². The number of ketones is 1. The van der Waals surface area contributed by atoms with E-state index in [0.29, 0.717) is 39.9 Å². The zero-order valence-electron chi connectivity index (χ0n) is 19.4. The molecular weight excluding hydrogens is 544 g/mol. The van der Waals surface area contributed by atoms with Crippen LogP contribution in [0.3, 0.4) is 0 Å². The summed E-state index contributed by atoms with van der Waals surface area (Å²) in [4.78, 5) is 32.8. The molecule has 1 saturated heterocycles. The molecule has 1 aliphatic rings. The highest BCUT2D eigenvalue weighted by Crippen LogP contribution is 2.45. The first-order chi connectivity index (χ1) is 17.4. The number of Topliss-reactive ketones (excluding diaryl/α,β-unsaturated/α-hetero) is 1. The first kappa shape index (κ1) is 24.0. The lowest BCUT2D eigenvalue weighted by Crippen LogP contribution is -2.29. The Hall–Kier alpha value is -3.69. The van der Waals surface area contributed by atoms with Crippen LogP contribution in [0.4, 0.5) is 5.13 Å². The van der Waals surface area contributed by atoms with Gasteiger partial charge in [0.1, 0.15) is 17.3 Å². The molecule has 0 saturated carbocycles. The predicted octanol–water partition coefficient (Wildman–Crippen LogP) is 6.09. The lowest BCUT2D eigenvalue weighted by molar-refractivity contribution is -0.132. The molecule has 7 nitrogen and oxygen atoms in total. The van der Waals surface area contributed by atoms with Crippen LogP contribution in [0.25, 0.3) is 16.0 Å². The molecule has 1 atom stereocenters. The highest BCUT2D eigenvalue weighted by molar-refractivity contribution is 9.10. The van der Waals surface area contributed by atoms with Crippen molar-refractivity contribution in [3.8, 4) is 11.5 Å². The molecular formula is C27H21BrN2O5S. The second kappa shape index (κ2) is 9.75. The van der Waals surface area contributed by atoms with E-state index in [9.17, 15) is 14.7 Å². The number of aromatic nitrogens is 1. The number of anilines is 1. The number of ether oxygens (including phenoxy) is 2. The van der Waals surface area contributed by atoms with Gasteiger partial charge < -0.3 is 14.6 Å². The van der Waals surface area contributed by atoms with Crippen LogP contribution in [0.15, 0.2) is 76.8 Å². The molecule has 36 heavy (non-hydrogen) atoms. The number of thiazole rings is 1. The van der Waals surface area contributed by atoms with E-state index in [0.717, 1.165) is 9.17 Å². The van der Waals surface area contributed by atoms with Crippen molar-refractivity contribution < 1.29 is 24.2 Å². The van der Waals surface area contributed by atoms with E-state index in [1.807, 2.05) is 49.4 Å². The zero-order chi connectivity index (χ0) is 25.4. The number of carbonyl (C=O) groups is 2. The maximum absolute atomic E-state index is 13.4. The van der Waals surface area contributed by atoms with E-state index in [1.165, 1.54) is 16.2 Å². The van der Waals surface area contributed by atoms with E-state index in [2.05, 4.69) is 20.9 Å². The maximum atomic E-state index is 13.4. The minimum atomic E-state index is -0.864. The average Bonchev–Trinajstić information content (AvgIpc) is 3.41. The minimum Gasteiger partial charge on any atom is -0.507 e. The molecule has 3 aromatic carbocycles. The summed E-state index contributed by atoms with van der Waals surface area (Å²) in [6.07, 6.45) is 0. The van der Waals surface area contributed by atoms with Gasteiger partial charge in [-0.3, -0.25) is 14.5 Å². The minimum absolute atomic E-state index is 0.00229. The molecule has 0 spiro atoms. The lowest BCUT2D eigenvalue weighted by Gasteiger charge is -2.23. The van der Waals surface area contributed by atoms with Crippen molar-refractivity contribution in [2.24, 2.45) is 0 Å². The normalized spacial score (nSPS) is 17.1. The van der Waals surface area contributed by atoms with Gasteiger partial charge in [0.25, 0.3) is 5.78 Å². The molecule has 0 unspecified atom stereocenters. The van der Waals surface area contributed by atoms with E-state index in [1.54, 1.807) is 31.4 Å². The van der Waals surface area contributed by atoms with Crippen molar-refractivity contribution in [3.63, 3.8) is 0 Å². The van der Waals surface area contributed by atoms with Crippen molar-refractivity contribution in [2.45, 2.75) is 13.0 Å². The number of benzene rings is 3. The van der Waals surface area contributed by atoms with Crippen LogP contribution in [-0.4, -0.2) is 35.5 Å². The smallest absolute Gasteiger partial charge is 0.301 e. The Labute approximate surface area is 219 Å². The Morgan fingerprint density at radius 2 is 1.83 bits per heavy atom. The molecule has 182 valence electrons. The lowest BCUT2D eigenvalue weighted by atomic mass is 9.95. The number of methoxy groups -OCH3 is 1. The van der Waals surface area contributed by atoms with Gasteiger partial charge in [-0.25, -0.2) is 4.98 Å². The van der Waals surface area contributed by atoms with Crippen LogP contribution >= 0.6 is 27.3 Å². The van der Waals surface area contributed by atoms with Gasteiger partial charge in [-0.1, -0.05) is 39.4 Å². The first-order valence-corrected chi connectivity index (χ1v) is 12.8. The van der Waals surface area contributed by atoms with Crippen LogP contribution in [0.5, 0.6) is 11.5 Å². The number of fused-ring (bicyclic) bond motifs is 1. The zero-order valence-corrected chi connectivity index (χ0v) is 21.8. The standard InChI is InChI=1S/C27H21BrN2O5S/c1-3-35-19-11-12-20-21(14-19)36-27(29-20)30-23(16-5-4-6-17(28)13-16)22(25(32)26(30)33)24(31)15-7-9-18(34-2)10-8-15/h4-14,23,31H,3H2,1-2H3/t23-/m1/s1.